The van der Waals surface area contributed by atoms with Crippen molar-refractivity contribution in [2.75, 3.05) is 12.0 Å². The number of benzene rings is 2. The highest BCUT2D eigenvalue weighted by Crippen LogP contribution is 2.40. The van der Waals surface area contributed by atoms with Crippen molar-refractivity contribution in [3.05, 3.63) is 65.2 Å². The molecule has 1 fully saturated rings. The number of nitrogens with zero attached hydrogens (tertiary/aromatic N) is 2. The van der Waals surface area contributed by atoms with E-state index < -0.39 is 0 Å². The summed E-state index contributed by atoms with van der Waals surface area (Å²) in [5.74, 6) is 0.152. The molecule has 1 saturated heterocycles. The number of ether oxygens (including phenoxy) is 1. The number of methoxy groups -OCH3 is 1. The van der Waals surface area contributed by atoms with Crippen LogP contribution in [0.25, 0.3) is 17.0 Å². The molecule has 2 amide bonds. The van der Waals surface area contributed by atoms with Gasteiger partial charge in [-0.1, -0.05) is 30.3 Å². The molecular weight excluding hydrogens is 348 g/mol. The summed E-state index contributed by atoms with van der Waals surface area (Å²) >= 11 is 0.942. The van der Waals surface area contributed by atoms with Crippen LogP contribution in [0.1, 0.15) is 5.56 Å². The Morgan fingerprint density at radius 3 is 2.58 bits per heavy atom. The Kier molecular flexibility index (Phi) is 4.05. The number of carbonyl (C=O) groups is 2. The van der Waals surface area contributed by atoms with Gasteiger partial charge in [-0.2, -0.15) is 0 Å². The molecule has 4 rings (SSSR count). The number of amides is 2. The number of anilines is 1. The Balaban J connectivity index is 1.76. The molecule has 130 valence electrons. The summed E-state index contributed by atoms with van der Waals surface area (Å²) < 4.78 is 7.30. The molecule has 2 aromatic carbocycles. The van der Waals surface area contributed by atoms with Gasteiger partial charge in [0.2, 0.25) is 0 Å². The molecule has 0 unspecified atom stereocenters. The maximum atomic E-state index is 12.9. The summed E-state index contributed by atoms with van der Waals surface area (Å²) in [6, 6.07) is 15.0. The number of aryl methyl sites for hydroxylation is 1. The topological polar surface area (TPSA) is 51.5 Å². The van der Waals surface area contributed by atoms with Crippen LogP contribution in [-0.4, -0.2) is 22.8 Å². The monoisotopic (exact) mass is 364 g/mol. The third kappa shape index (κ3) is 2.59. The van der Waals surface area contributed by atoms with Crippen molar-refractivity contribution >= 4 is 45.6 Å². The minimum absolute atomic E-state index is 0.328. The van der Waals surface area contributed by atoms with Gasteiger partial charge in [0.15, 0.2) is 0 Å². The first-order valence-corrected chi connectivity index (χ1v) is 8.87. The van der Waals surface area contributed by atoms with Crippen LogP contribution >= 0.6 is 11.8 Å². The molecule has 1 aliphatic rings. The van der Waals surface area contributed by atoms with Crippen molar-refractivity contribution in [3.63, 3.8) is 0 Å². The maximum absolute atomic E-state index is 12.9. The molecule has 26 heavy (non-hydrogen) atoms. The average Bonchev–Trinajstić information content (AvgIpc) is 3.12. The zero-order chi connectivity index (χ0) is 18.3. The summed E-state index contributed by atoms with van der Waals surface area (Å²) in [6.07, 6.45) is 3.74. The lowest BCUT2D eigenvalue weighted by Crippen LogP contribution is -2.28. The van der Waals surface area contributed by atoms with E-state index in [2.05, 4.69) is 0 Å². The van der Waals surface area contributed by atoms with Gasteiger partial charge in [0, 0.05) is 29.7 Å². The zero-order valence-electron chi connectivity index (χ0n) is 14.3. The molecule has 1 aliphatic heterocycles. The summed E-state index contributed by atoms with van der Waals surface area (Å²) in [5.41, 5.74) is 2.44. The van der Waals surface area contributed by atoms with E-state index in [1.54, 1.807) is 30.3 Å². The normalized spacial score (nSPS) is 16.1. The molecule has 0 spiro atoms. The predicted octanol–water partition coefficient (Wildman–Crippen LogP) is 4.43. The van der Waals surface area contributed by atoms with E-state index in [0.29, 0.717) is 16.3 Å². The van der Waals surface area contributed by atoms with E-state index in [9.17, 15) is 9.59 Å². The molecule has 0 bridgehead atoms. The lowest BCUT2D eigenvalue weighted by molar-refractivity contribution is -0.113. The first kappa shape index (κ1) is 16.5. The summed E-state index contributed by atoms with van der Waals surface area (Å²) in [6.45, 7) is 0. The molecule has 3 aromatic rings. The first-order valence-electron chi connectivity index (χ1n) is 8.05. The van der Waals surface area contributed by atoms with Crippen LogP contribution in [-0.2, 0) is 11.8 Å². The molecule has 2 heterocycles. The lowest BCUT2D eigenvalue weighted by Gasteiger charge is -2.15. The van der Waals surface area contributed by atoms with Crippen LogP contribution in [0.15, 0.2) is 59.6 Å². The summed E-state index contributed by atoms with van der Waals surface area (Å²) in [5, 5.41) is 0.713. The molecule has 0 atom stereocenters. The van der Waals surface area contributed by atoms with Crippen molar-refractivity contribution in [3.8, 4) is 5.75 Å². The third-order valence-corrected chi connectivity index (χ3v) is 5.20. The van der Waals surface area contributed by atoms with Crippen molar-refractivity contribution in [1.82, 2.24) is 4.57 Å². The number of hydrogen-bond acceptors (Lipinski definition) is 4. The Morgan fingerprint density at radius 2 is 1.77 bits per heavy atom. The van der Waals surface area contributed by atoms with Gasteiger partial charge in [0.05, 0.1) is 17.7 Å². The largest absolute Gasteiger partial charge is 0.495 e. The second-order valence-electron chi connectivity index (χ2n) is 5.90. The molecule has 0 saturated carbocycles. The molecular formula is C20H16N2O3S. The lowest BCUT2D eigenvalue weighted by atomic mass is 10.1. The number of carbonyl (C=O) groups excluding carboxylic acids is 2. The quantitative estimate of drug-likeness (QED) is 0.645. The van der Waals surface area contributed by atoms with Crippen molar-refractivity contribution < 1.29 is 14.3 Å². The Bertz CT molecular complexity index is 1070. The molecule has 0 aliphatic carbocycles. The minimum atomic E-state index is -0.336. The number of imide groups is 1. The van der Waals surface area contributed by atoms with Crippen LogP contribution in [0.3, 0.4) is 0 Å². The molecule has 0 radical (unpaired) electrons. The van der Waals surface area contributed by atoms with Crippen LogP contribution in [0.4, 0.5) is 10.5 Å². The molecule has 1 aromatic heterocycles. The Labute approximate surface area is 154 Å². The molecule has 5 nitrogen and oxygen atoms in total. The van der Waals surface area contributed by atoms with Crippen molar-refractivity contribution in [1.29, 1.82) is 0 Å². The van der Waals surface area contributed by atoms with Crippen molar-refractivity contribution in [2.45, 2.75) is 0 Å². The fourth-order valence-corrected chi connectivity index (χ4v) is 3.94. The molecule has 6 heteroatoms. The average molecular weight is 364 g/mol. The van der Waals surface area contributed by atoms with Crippen LogP contribution in [0, 0.1) is 0 Å². The van der Waals surface area contributed by atoms with E-state index in [1.807, 2.05) is 42.1 Å². The van der Waals surface area contributed by atoms with Gasteiger partial charge in [-0.05, 0) is 36.0 Å². The first-order chi connectivity index (χ1) is 12.6. The fraction of sp³-hybridized carbons (Fsp3) is 0.100. The van der Waals surface area contributed by atoms with E-state index in [0.717, 1.165) is 28.2 Å². The second-order valence-corrected chi connectivity index (χ2v) is 6.89. The van der Waals surface area contributed by atoms with Gasteiger partial charge < -0.3 is 9.30 Å². The SMILES string of the molecule is COc1ccccc1N1C(=O)S/C(=C\c2cn(C)c3ccccc23)C1=O. The fourth-order valence-electron chi connectivity index (χ4n) is 3.12. The smallest absolute Gasteiger partial charge is 0.298 e. The zero-order valence-corrected chi connectivity index (χ0v) is 15.1. The number of aromatic nitrogens is 1. The highest BCUT2D eigenvalue weighted by atomic mass is 32.2. The predicted molar refractivity (Wildman–Crippen MR) is 104 cm³/mol. The standard InChI is InChI=1S/C20H16N2O3S/c1-21-12-13(14-7-3-4-8-15(14)21)11-18-19(23)22(20(24)26-18)16-9-5-6-10-17(16)25-2/h3-12H,1-2H3/b18-11-. The van der Waals surface area contributed by atoms with E-state index in [1.165, 1.54) is 12.0 Å². The van der Waals surface area contributed by atoms with Crippen LogP contribution in [0.5, 0.6) is 5.75 Å². The van der Waals surface area contributed by atoms with Crippen LogP contribution < -0.4 is 9.64 Å². The maximum Gasteiger partial charge on any atom is 0.298 e. The third-order valence-electron chi connectivity index (χ3n) is 4.33. The van der Waals surface area contributed by atoms with E-state index in [4.69, 9.17) is 4.74 Å². The summed E-state index contributed by atoms with van der Waals surface area (Å²) in [7, 11) is 3.48. The number of rotatable bonds is 3. The Hall–Kier alpha value is -2.99. The van der Waals surface area contributed by atoms with Crippen LogP contribution in [0.2, 0.25) is 0 Å². The van der Waals surface area contributed by atoms with Gasteiger partial charge in [0.25, 0.3) is 11.1 Å². The number of para-hydroxylation sites is 3. The van der Waals surface area contributed by atoms with Crippen molar-refractivity contribution in [2.24, 2.45) is 7.05 Å². The highest BCUT2D eigenvalue weighted by molar-refractivity contribution is 8.19. The minimum Gasteiger partial charge on any atom is -0.495 e. The van der Waals surface area contributed by atoms with Gasteiger partial charge in [0.1, 0.15) is 5.75 Å². The van der Waals surface area contributed by atoms with E-state index >= 15 is 0 Å². The van der Waals surface area contributed by atoms with Gasteiger partial charge in [-0.3, -0.25) is 9.59 Å². The summed E-state index contributed by atoms with van der Waals surface area (Å²) in [4.78, 5) is 26.9. The second kappa shape index (κ2) is 6.38. The van der Waals surface area contributed by atoms with E-state index in [-0.39, 0.29) is 11.1 Å². The van der Waals surface area contributed by atoms with Gasteiger partial charge >= 0.3 is 0 Å². The number of hydrogen-bond donors (Lipinski definition) is 0. The Morgan fingerprint density at radius 1 is 1.04 bits per heavy atom. The number of fused-ring (bicyclic) bond motifs is 1. The van der Waals surface area contributed by atoms with Gasteiger partial charge in [-0.15, -0.1) is 0 Å². The van der Waals surface area contributed by atoms with Gasteiger partial charge in [-0.25, -0.2) is 4.90 Å². The highest BCUT2D eigenvalue weighted by Gasteiger charge is 2.37. The number of thioether (sulfide) groups is 1. The molecule has 0 N–H and O–H groups in total.